The van der Waals surface area contributed by atoms with Crippen molar-refractivity contribution in [2.75, 3.05) is 4.72 Å². The van der Waals surface area contributed by atoms with E-state index >= 15 is 0 Å². The number of benzene rings is 3. The minimum Gasteiger partial charge on any atom is -0.279 e. The molecule has 3 aromatic rings. The number of fused-ring (bicyclic) bond motifs is 1. The minimum absolute atomic E-state index is 0.0787. The normalized spacial score (nSPS) is 12.3. The summed E-state index contributed by atoms with van der Waals surface area (Å²) in [6.07, 6.45) is -4.66. The van der Waals surface area contributed by atoms with Crippen LogP contribution in [0.3, 0.4) is 0 Å². The van der Waals surface area contributed by atoms with Gasteiger partial charge in [-0.15, -0.1) is 0 Å². The summed E-state index contributed by atoms with van der Waals surface area (Å²) in [5, 5.41) is -0.735. The van der Waals surface area contributed by atoms with Gasteiger partial charge in [-0.2, -0.15) is 13.2 Å². The Morgan fingerprint density at radius 1 is 0.923 bits per heavy atom. The SMILES string of the molecule is O=S(=O)(Nc1cccc(F)c1)c1c(Cl)ccc2c(C(F)(F)F)cccc12. The van der Waals surface area contributed by atoms with Gasteiger partial charge in [0.15, 0.2) is 0 Å². The molecule has 0 heterocycles. The Bertz CT molecular complexity index is 1100. The van der Waals surface area contributed by atoms with E-state index in [1.54, 1.807) is 0 Å². The van der Waals surface area contributed by atoms with Crippen LogP contribution in [-0.2, 0) is 16.2 Å². The van der Waals surface area contributed by atoms with Gasteiger partial charge in [-0.05, 0) is 35.7 Å². The standard InChI is InChI=1S/C17H10ClF4NO2S/c18-15-8-7-12-13(5-2-6-14(12)17(20,21)22)16(15)26(24,25)23-11-4-1-3-10(19)9-11/h1-9,23H. The first kappa shape index (κ1) is 18.5. The zero-order valence-electron chi connectivity index (χ0n) is 12.8. The second kappa shape index (κ2) is 6.44. The smallest absolute Gasteiger partial charge is 0.279 e. The lowest BCUT2D eigenvalue weighted by Gasteiger charge is -2.15. The molecule has 0 aromatic heterocycles. The van der Waals surface area contributed by atoms with Crippen molar-refractivity contribution in [2.45, 2.75) is 11.1 Å². The Morgan fingerprint density at radius 3 is 2.27 bits per heavy atom. The first-order valence-electron chi connectivity index (χ1n) is 7.16. The van der Waals surface area contributed by atoms with Gasteiger partial charge in [-0.1, -0.05) is 35.9 Å². The first-order chi connectivity index (χ1) is 12.1. The summed E-state index contributed by atoms with van der Waals surface area (Å²) in [5.74, 6) is -0.673. The number of alkyl halides is 3. The number of hydrogen-bond acceptors (Lipinski definition) is 2. The summed E-state index contributed by atoms with van der Waals surface area (Å²) in [6.45, 7) is 0. The molecule has 26 heavy (non-hydrogen) atoms. The number of anilines is 1. The lowest BCUT2D eigenvalue weighted by atomic mass is 10.0. The fourth-order valence-corrected chi connectivity index (χ4v) is 4.38. The quantitative estimate of drug-likeness (QED) is 0.591. The third kappa shape index (κ3) is 3.47. The van der Waals surface area contributed by atoms with Gasteiger partial charge < -0.3 is 0 Å². The van der Waals surface area contributed by atoms with E-state index in [0.29, 0.717) is 0 Å². The topological polar surface area (TPSA) is 46.2 Å². The van der Waals surface area contributed by atoms with Crippen molar-refractivity contribution >= 4 is 38.1 Å². The maximum absolute atomic E-state index is 13.3. The van der Waals surface area contributed by atoms with Crippen LogP contribution in [0.4, 0.5) is 23.2 Å². The second-order valence-corrected chi connectivity index (χ2v) is 7.42. The van der Waals surface area contributed by atoms with Crippen molar-refractivity contribution in [1.29, 1.82) is 0 Å². The molecular formula is C17H10ClF4NO2S. The molecule has 0 amide bonds. The molecule has 9 heteroatoms. The van der Waals surface area contributed by atoms with Crippen LogP contribution in [0, 0.1) is 5.82 Å². The van der Waals surface area contributed by atoms with Gasteiger partial charge in [0, 0.05) is 5.39 Å². The maximum Gasteiger partial charge on any atom is 0.417 e. The summed E-state index contributed by atoms with van der Waals surface area (Å²) in [4.78, 5) is -0.507. The fraction of sp³-hybridized carbons (Fsp3) is 0.0588. The summed E-state index contributed by atoms with van der Waals surface area (Å²) >= 11 is 5.98. The largest absolute Gasteiger partial charge is 0.417 e. The van der Waals surface area contributed by atoms with E-state index < -0.39 is 32.5 Å². The summed E-state index contributed by atoms with van der Waals surface area (Å²) in [7, 11) is -4.37. The molecule has 0 aliphatic rings. The number of nitrogens with one attached hydrogen (secondary N) is 1. The molecule has 3 nitrogen and oxygen atoms in total. The van der Waals surface area contributed by atoms with E-state index in [-0.39, 0.29) is 21.5 Å². The van der Waals surface area contributed by atoms with Crippen LogP contribution < -0.4 is 4.72 Å². The predicted octanol–water partition coefficient (Wildman–Crippen LogP) is 5.45. The molecule has 0 aliphatic carbocycles. The van der Waals surface area contributed by atoms with Crippen LogP contribution in [-0.4, -0.2) is 8.42 Å². The lowest BCUT2D eigenvalue weighted by Crippen LogP contribution is -2.15. The zero-order valence-corrected chi connectivity index (χ0v) is 14.4. The Labute approximate surface area is 151 Å². The second-order valence-electron chi connectivity index (χ2n) is 5.39. The van der Waals surface area contributed by atoms with Gasteiger partial charge in [-0.25, -0.2) is 12.8 Å². The van der Waals surface area contributed by atoms with Gasteiger partial charge in [0.1, 0.15) is 10.7 Å². The van der Waals surface area contributed by atoms with Crippen LogP contribution >= 0.6 is 11.6 Å². The Hall–Kier alpha value is -2.32. The average Bonchev–Trinajstić information content (AvgIpc) is 2.52. The molecule has 0 aliphatic heterocycles. The minimum atomic E-state index is -4.66. The molecule has 0 unspecified atom stereocenters. The van der Waals surface area contributed by atoms with Gasteiger partial charge in [0.05, 0.1) is 16.3 Å². The number of rotatable bonds is 3. The van der Waals surface area contributed by atoms with Crippen LogP contribution in [0.1, 0.15) is 5.56 Å². The molecule has 136 valence electrons. The third-order valence-electron chi connectivity index (χ3n) is 3.61. The van der Waals surface area contributed by atoms with Crippen molar-refractivity contribution < 1.29 is 26.0 Å². The Morgan fingerprint density at radius 2 is 1.62 bits per heavy atom. The van der Waals surface area contributed by atoms with E-state index in [2.05, 4.69) is 4.72 Å². The summed E-state index contributed by atoms with van der Waals surface area (Å²) in [5.41, 5.74) is -1.06. The number of hydrogen-bond donors (Lipinski definition) is 1. The summed E-state index contributed by atoms with van der Waals surface area (Å²) < 4.78 is 80.4. The number of halogens is 5. The highest BCUT2D eigenvalue weighted by Gasteiger charge is 2.33. The zero-order chi connectivity index (χ0) is 19.1. The predicted molar refractivity (Wildman–Crippen MR) is 91.2 cm³/mol. The van der Waals surface area contributed by atoms with E-state index in [4.69, 9.17) is 11.6 Å². The van der Waals surface area contributed by atoms with Crippen molar-refractivity contribution in [3.05, 3.63) is 71.0 Å². The monoisotopic (exact) mass is 403 g/mol. The summed E-state index contributed by atoms with van der Waals surface area (Å²) in [6, 6.07) is 10.0. The molecule has 0 atom stereocenters. The van der Waals surface area contributed by atoms with Crippen LogP contribution in [0.15, 0.2) is 59.5 Å². The van der Waals surface area contributed by atoms with Crippen LogP contribution in [0.25, 0.3) is 10.8 Å². The molecule has 0 spiro atoms. The molecule has 0 bridgehead atoms. The molecule has 1 N–H and O–H groups in total. The molecule has 0 radical (unpaired) electrons. The molecular weight excluding hydrogens is 394 g/mol. The van der Waals surface area contributed by atoms with Gasteiger partial charge >= 0.3 is 6.18 Å². The molecule has 0 saturated heterocycles. The molecule has 0 saturated carbocycles. The highest BCUT2D eigenvalue weighted by molar-refractivity contribution is 7.93. The van der Waals surface area contributed by atoms with E-state index in [1.807, 2.05) is 0 Å². The first-order valence-corrected chi connectivity index (χ1v) is 9.02. The molecule has 3 rings (SSSR count). The van der Waals surface area contributed by atoms with Crippen LogP contribution in [0.5, 0.6) is 0 Å². The lowest BCUT2D eigenvalue weighted by molar-refractivity contribution is -0.136. The fourth-order valence-electron chi connectivity index (χ4n) is 2.58. The maximum atomic E-state index is 13.3. The van der Waals surface area contributed by atoms with Crippen LogP contribution in [0.2, 0.25) is 5.02 Å². The Kier molecular flexibility index (Phi) is 4.58. The van der Waals surface area contributed by atoms with Gasteiger partial charge in [-0.3, -0.25) is 4.72 Å². The van der Waals surface area contributed by atoms with Crippen molar-refractivity contribution in [1.82, 2.24) is 0 Å². The van der Waals surface area contributed by atoms with E-state index in [0.717, 1.165) is 36.4 Å². The average molecular weight is 404 g/mol. The van der Waals surface area contributed by atoms with Gasteiger partial charge in [0.2, 0.25) is 0 Å². The van der Waals surface area contributed by atoms with E-state index in [1.165, 1.54) is 18.2 Å². The van der Waals surface area contributed by atoms with Crippen molar-refractivity contribution in [2.24, 2.45) is 0 Å². The molecule has 3 aromatic carbocycles. The van der Waals surface area contributed by atoms with Crippen molar-refractivity contribution in [3.8, 4) is 0 Å². The highest BCUT2D eigenvalue weighted by Crippen LogP contribution is 2.39. The van der Waals surface area contributed by atoms with E-state index in [9.17, 15) is 26.0 Å². The number of sulfonamides is 1. The van der Waals surface area contributed by atoms with Gasteiger partial charge in [0.25, 0.3) is 10.0 Å². The third-order valence-corrected chi connectivity index (χ3v) is 5.52. The van der Waals surface area contributed by atoms with Crippen molar-refractivity contribution in [3.63, 3.8) is 0 Å². The molecule has 0 fully saturated rings. The Balaban J connectivity index is 2.22. The highest BCUT2D eigenvalue weighted by atomic mass is 35.5.